The van der Waals surface area contributed by atoms with Crippen molar-refractivity contribution in [1.29, 1.82) is 0 Å². The van der Waals surface area contributed by atoms with E-state index in [0.717, 1.165) is 21.9 Å². The molecular weight excluding hydrogens is 450 g/mol. The third-order valence-corrected chi connectivity index (χ3v) is 5.28. The number of nitrogens with zero attached hydrogens (tertiary/aromatic N) is 1. The summed E-state index contributed by atoms with van der Waals surface area (Å²) in [6.45, 7) is 0.217. The molecule has 0 fully saturated rings. The standard InChI is InChI=1S/C27H22ClN3O3/c28-22-13-11-19(12-14-22)18-34-23-8-3-5-20(15-23)16-30-31-26(32)17-29-27(33)25-10-4-7-21-6-1-2-9-24(21)25/h1-16H,17-18H2,(H,29,33)(H,31,32)/b30-16-. The first-order valence-electron chi connectivity index (χ1n) is 10.6. The van der Waals surface area contributed by atoms with Gasteiger partial charge in [0, 0.05) is 10.6 Å². The van der Waals surface area contributed by atoms with E-state index in [9.17, 15) is 9.59 Å². The first kappa shape index (κ1) is 23.0. The van der Waals surface area contributed by atoms with Crippen LogP contribution in [-0.4, -0.2) is 24.6 Å². The minimum Gasteiger partial charge on any atom is -0.489 e. The van der Waals surface area contributed by atoms with E-state index in [1.54, 1.807) is 6.07 Å². The van der Waals surface area contributed by atoms with E-state index >= 15 is 0 Å². The van der Waals surface area contributed by atoms with Gasteiger partial charge in [0.15, 0.2) is 0 Å². The molecular formula is C27H22ClN3O3. The van der Waals surface area contributed by atoms with Gasteiger partial charge >= 0.3 is 0 Å². The van der Waals surface area contributed by atoms with Gasteiger partial charge in [-0.1, -0.05) is 72.3 Å². The molecule has 0 aliphatic carbocycles. The van der Waals surface area contributed by atoms with E-state index in [0.29, 0.717) is 22.9 Å². The van der Waals surface area contributed by atoms with Crippen molar-refractivity contribution in [2.75, 3.05) is 6.54 Å². The predicted octanol–water partition coefficient (Wildman–Crippen LogP) is 4.95. The second-order valence-electron chi connectivity index (χ2n) is 7.49. The second kappa shape index (κ2) is 11.1. The molecule has 4 aromatic rings. The van der Waals surface area contributed by atoms with Crippen LogP contribution in [-0.2, 0) is 11.4 Å². The number of carbonyl (C=O) groups excluding carboxylic acids is 2. The Kier molecular flexibility index (Phi) is 7.53. The van der Waals surface area contributed by atoms with Crippen LogP contribution < -0.4 is 15.5 Å². The van der Waals surface area contributed by atoms with Crippen molar-refractivity contribution in [3.05, 3.63) is 113 Å². The summed E-state index contributed by atoms with van der Waals surface area (Å²) < 4.78 is 5.80. The molecule has 0 radical (unpaired) electrons. The fourth-order valence-electron chi connectivity index (χ4n) is 3.33. The minimum absolute atomic E-state index is 0.191. The van der Waals surface area contributed by atoms with Crippen LogP contribution in [0.15, 0.2) is 96.1 Å². The summed E-state index contributed by atoms with van der Waals surface area (Å²) in [5, 5.41) is 9.07. The average molecular weight is 472 g/mol. The largest absolute Gasteiger partial charge is 0.489 e. The highest BCUT2D eigenvalue weighted by atomic mass is 35.5. The SMILES string of the molecule is O=C(CNC(=O)c1cccc2ccccc12)N/N=C\c1cccc(OCc2ccc(Cl)cc2)c1. The molecule has 0 aromatic heterocycles. The minimum atomic E-state index is -0.431. The summed E-state index contributed by atoms with van der Waals surface area (Å²) in [7, 11) is 0. The number of hydrogen-bond donors (Lipinski definition) is 2. The zero-order valence-corrected chi connectivity index (χ0v) is 19.0. The van der Waals surface area contributed by atoms with E-state index in [-0.39, 0.29) is 12.5 Å². The Bertz CT molecular complexity index is 1330. The number of amides is 2. The summed E-state index contributed by atoms with van der Waals surface area (Å²) in [5.41, 5.74) is 4.70. The maximum Gasteiger partial charge on any atom is 0.259 e. The lowest BCUT2D eigenvalue weighted by Gasteiger charge is -2.08. The second-order valence-corrected chi connectivity index (χ2v) is 7.93. The van der Waals surface area contributed by atoms with Gasteiger partial charge in [-0.3, -0.25) is 9.59 Å². The molecule has 34 heavy (non-hydrogen) atoms. The van der Waals surface area contributed by atoms with Gasteiger partial charge in [-0.25, -0.2) is 5.43 Å². The van der Waals surface area contributed by atoms with Crippen LogP contribution in [0.1, 0.15) is 21.5 Å². The first-order valence-corrected chi connectivity index (χ1v) is 11.0. The lowest BCUT2D eigenvalue weighted by Crippen LogP contribution is -2.35. The molecule has 0 bridgehead atoms. The van der Waals surface area contributed by atoms with E-state index in [4.69, 9.17) is 16.3 Å². The quantitative estimate of drug-likeness (QED) is 0.282. The normalized spacial score (nSPS) is 10.9. The summed E-state index contributed by atoms with van der Waals surface area (Å²) in [4.78, 5) is 24.6. The van der Waals surface area contributed by atoms with Crippen LogP contribution in [0.2, 0.25) is 5.02 Å². The average Bonchev–Trinajstić information content (AvgIpc) is 2.87. The number of rotatable bonds is 8. The molecule has 0 aliphatic heterocycles. The molecule has 4 aromatic carbocycles. The molecule has 0 saturated heterocycles. The number of benzene rings is 4. The molecule has 0 spiro atoms. The first-order chi connectivity index (χ1) is 16.6. The van der Waals surface area contributed by atoms with Gasteiger partial charge in [-0.15, -0.1) is 0 Å². The number of carbonyl (C=O) groups is 2. The summed E-state index contributed by atoms with van der Waals surface area (Å²) in [5.74, 6) is -0.0750. The predicted molar refractivity (Wildman–Crippen MR) is 134 cm³/mol. The van der Waals surface area contributed by atoms with Crippen molar-refractivity contribution in [1.82, 2.24) is 10.7 Å². The van der Waals surface area contributed by atoms with Crippen LogP contribution in [0, 0.1) is 0 Å². The molecule has 2 N–H and O–H groups in total. The highest BCUT2D eigenvalue weighted by molar-refractivity contribution is 6.30. The van der Waals surface area contributed by atoms with Gasteiger partial charge in [-0.2, -0.15) is 5.10 Å². The van der Waals surface area contributed by atoms with Crippen LogP contribution in [0.5, 0.6) is 5.75 Å². The van der Waals surface area contributed by atoms with E-state index < -0.39 is 5.91 Å². The molecule has 0 aliphatic rings. The lowest BCUT2D eigenvalue weighted by atomic mass is 10.0. The monoisotopic (exact) mass is 471 g/mol. The summed E-state index contributed by atoms with van der Waals surface area (Å²) in [6.07, 6.45) is 1.51. The number of hydrogen-bond acceptors (Lipinski definition) is 4. The Morgan fingerprint density at radius 2 is 1.68 bits per heavy atom. The zero-order chi connectivity index (χ0) is 23.8. The molecule has 0 unspecified atom stereocenters. The molecule has 0 atom stereocenters. The third kappa shape index (κ3) is 6.21. The smallest absolute Gasteiger partial charge is 0.259 e. The van der Waals surface area contributed by atoms with Crippen LogP contribution in [0.4, 0.5) is 0 Å². The van der Waals surface area contributed by atoms with Crippen molar-refractivity contribution >= 4 is 40.4 Å². The van der Waals surface area contributed by atoms with Crippen molar-refractivity contribution in [2.45, 2.75) is 6.61 Å². The van der Waals surface area contributed by atoms with E-state index in [1.165, 1.54) is 6.21 Å². The third-order valence-electron chi connectivity index (χ3n) is 5.02. The number of halogens is 1. The number of hydrazone groups is 1. The van der Waals surface area contributed by atoms with Gasteiger partial charge in [0.25, 0.3) is 11.8 Å². The van der Waals surface area contributed by atoms with Crippen molar-refractivity contribution in [3.63, 3.8) is 0 Å². The van der Waals surface area contributed by atoms with Gasteiger partial charge in [0.05, 0.1) is 12.8 Å². The van der Waals surface area contributed by atoms with Gasteiger partial charge < -0.3 is 10.1 Å². The van der Waals surface area contributed by atoms with Crippen molar-refractivity contribution < 1.29 is 14.3 Å². The Balaban J connectivity index is 1.27. The van der Waals surface area contributed by atoms with Crippen LogP contribution >= 0.6 is 11.6 Å². The lowest BCUT2D eigenvalue weighted by molar-refractivity contribution is -0.120. The Labute approximate surface area is 202 Å². The highest BCUT2D eigenvalue weighted by Gasteiger charge is 2.10. The van der Waals surface area contributed by atoms with Crippen molar-refractivity contribution in [2.24, 2.45) is 5.10 Å². The number of ether oxygens (including phenoxy) is 1. The van der Waals surface area contributed by atoms with Gasteiger partial charge in [0.1, 0.15) is 12.4 Å². The molecule has 170 valence electrons. The zero-order valence-electron chi connectivity index (χ0n) is 18.2. The van der Waals surface area contributed by atoms with Gasteiger partial charge in [-0.05, 0) is 52.2 Å². The van der Waals surface area contributed by atoms with Crippen LogP contribution in [0.3, 0.4) is 0 Å². The maximum atomic E-state index is 12.5. The molecule has 2 amide bonds. The summed E-state index contributed by atoms with van der Waals surface area (Å²) >= 11 is 5.90. The molecule has 0 heterocycles. The molecule has 6 nitrogen and oxygen atoms in total. The number of fused-ring (bicyclic) bond motifs is 1. The Hall–Kier alpha value is -4.16. The fourth-order valence-corrected chi connectivity index (χ4v) is 3.46. The highest BCUT2D eigenvalue weighted by Crippen LogP contribution is 2.18. The molecule has 7 heteroatoms. The molecule has 4 rings (SSSR count). The fraction of sp³-hybridized carbons (Fsp3) is 0.0741. The Morgan fingerprint density at radius 1 is 0.912 bits per heavy atom. The van der Waals surface area contributed by atoms with Crippen LogP contribution in [0.25, 0.3) is 10.8 Å². The summed E-state index contributed by atoms with van der Waals surface area (Å²) in [6, 6.07) is 27.9. The molecule has 0 saturated carbocycles. The van der Waals surface area contributed by atoms with E-state index in [2.05, 4.69) is 15.8 Å². The van der Waals surface area contributed by atoms with Crippen molar-refractivity contribution in [3.8, 4) is 5.75 Å². The topological polar surface area (TPSA) is 79.8 Å². The Morgan fingerprint density at radius 3 is 2.53 bits per heavy atom. The number of nitrogens with one attached hydrogen (secondary N) is 2. The van der Waals surface area contributed by atoms with E-state index in [1.807, 2.05) is 84.9 Å². The maximum absolute atomic E-state index is 12.5. The van der Waals surface area contributed by atoms with Gasteiger partial charge in [0.2, 0.25) is 0 Å².